The molecule has 2 unspecified atom stereocenters. The van der Waals surface area contributed by atoms with E-state index in [0.717, 1.165) is 45.8 Å². The Morgan fingerprint density at radius 1 is 0.564 bits per heavy atom. The number of carboxylic acid groups (broad SMARTS) is 1. The van der Waals surface area contributed by atoms with Gasteiger partial charge in [-0.1, -0.05) is 74.1 Å². The van der Waals surface area contributed by atoms with Crippen LogP contribution in [-0.4, -0.2) is 95.7 Å². The van der Waals surface area contributed by atoms with Gasteiger partial charge in [0.05, 0.1) is 62.7 Å². The van der Waals surface area contributed by atoms with Gasteiger partial charge in [-0.05, 0) is 168 Å². The lowest BCUT2D eigenvalue weighted by Crippen LogP contribution is -2.41. The van der Waals surface area contributed by atoms with Crippen molar-refractivity contribution in [2.75, 3.05) is 47.9 Å². The number of carboxylic acids is 1. The summed E-state index contributed by atoms with van der Waals surface area (Å²) >= 11 is 25.1. The van der Waals surface area contributed by atoms with Crippen LogP contribution < -0.4 is 21.8 Å². The number of aliphatic carboxylic acids is 1. The Labute approximate surface area is 557 Å². The van der Waals surface area contributed by atoms with Crippen molar-refractivity contribution < 1.29 is 72.9 Å². The molecule has 14 nitrogen and oxygen atoms in total. The molecule has 6 rings (SSSR count). The molecule has 4 atom stereocenters. The molecule has 94 heavy (non-hydrogen) atoms. The molecule has 0 aliphatic rings. The van der Waals surface area contributed by atoms with Crippen molar-refractivity contribution in [1.82, 2.24) is 29.6 Å². The quantitative estimate of drug-likeness (QED) is 0.0370. The van der Waals surface area contributed by atoms with Gasteiger partial charge in [0.25, 0.3) is 11.1 Å². The van der Waals surface area contributed by atoms with E-state index in [-0.39, 0.29) is 133 Å². The van der Waals surface area contributed by atoms with E-state index in [1.165, 1.54) is 38.1 Å². The van der Waals surface area contributed by atoms with Gasteiger partial charge in [-0.25, -0.2) is 17.6 Å². The Hall–Kier alpha value is -6.96. The summed E-state index contributed by atoms with van der Waals surface area (Å²) in [6.07, 6.45) is -9.01. The first-order chi connectivity index (χ1) is 43.6. The van der Waals surface area contributed by atoms with Gasteiger partial charge in [0, 0.05) is 59.9 Å². The number of aromatic nitrogens is 2. The third kappa shape index (κ3) is 20.8. The van der Waals surface area contributed by atoms with Crippen molar-refractivity contribution in [1.29, 1.82) is 0 Å². The van der Waals surface area contributed by atoms with E-state index >= 15 is 8.78 Å². The van der Waals surface area contributed by atoms with Gasteiger partial charge in [0.1, 0.15) is 35.4 Å². The molecule has 0 radical (unpaired) electrons. The fraction of sp³-hybridized carbons (Fsp3) is 0.424. The van der Waals surface area contributed by atoms with Crippen LogP contribution in [0, 0.1) is 49.0 Å². The number of esters is 1. The van der Waals surface area contributed by atoms with Gasteiger partial charge in [-0.15, -0.1) is 0 Å². The van der Waals surface area contributed by atoms with E-state index in [1.807, 2.05) is 0 Å². The van der Waals surface area contributed by atoms with Crippen LogP contribution in [0.2, 0.25) is 20.1 Å². The summed E-state index contributed by atoms with van der Waals surface area (Å²) in [7, 11) is 6.73. The smallest absolute Gasteiger partial charge is 0.416 e. The molecule has 0 spiro atoms. The molecule has 2 aromatic heterocycles. The van der Waals surface area contributed by atoms with Crippen LogP contribution in [0.3, 0.4) is 0 Å². The van der Waals surface area contributed by atoms with Crippen LogP contribution >= 0.6 is 46.4 Å². The normalized spacial score (nSPS) is 13.2. The van der Waals surface area contributed by atoms with E-state index in [2.05, 4.69) is 10.6 Å². The van der Waals surface area contributed by atoms with Crippen LogP contribution in [-0.2, 0) is 49.1 Å². The molecular weight excluding hydrogens is 1340 g/mol. The molecule has 0 aliphatic heterocycles. The monoisotopic (exact) mass is 1410 g/mol. The summed E-state index contributed by atoms with van der Waals surface area (Å²) in [5, 5.41) is 14.6. The second-order valence-corrected chi connectivity index (χ2v) is 25.5. The predicted octanol–water partition coefficient (Wildman–Crippen LogP) is 15.4. The number of hydrogen-bond donors (Lipinski definition) is 3. The second-order valence-electron chi connectivity index (χ2n) is 23.9. The number of benzene rings is 4. The minimum absolute atomic E-state index is 0.00546. The molecule has 3 N–H and O–H groups in total. The zero-order valence-electron chi connectivity index (χ0n) is 53.1. The number of alkyl halides is 6. The number of amides is 2. The number of ether oxygens (including phenoxy) is 1. The highest BCUT2D eigenvalue weighted by atomic mass is 35.5. The number of rotatable bonds is 25. The minimum Gasteiger partial charge on any atom is -0.481 e. The van der Waals surface area contributed by atoms with E-state index in [9.17, 15) is 69.0 Å². The van der Waals surface area contributed by atoms with Gasteiger partial charge >= 0.3 is 24.3 Å². The number of likely N-dealkylation sites (N-methyl/N-ethyl adjacent to an activating group) is 2. The number of carbonyl (C=O) groups is 4. The van der Waals surface area contributed by atoms with E-state index in [1.54, 1.807) is 72.6 Å². The lowest BCUT2D eigenvalue weighted by molar-refractivity contribution is -0.144. The van der Waals surface area contributed by atoms with Gasteiger partial charge in [-0.3, -0.25) is 28.8 Å². The van der Waals surface area contributed by atoms with Crippen LogP contribution in [0.4, 0.5) is 43.9 Å². The molecule has 0 bridgehead atoms. The zero-order valence-corrected chi connectivity index (χ0v) is 56.2. The lowest BCUT2D eigenvalue weighted by Gasteiger charge is -2.27. The number of nitrogens with one attached hydrogen (secondary N) is 2. The van der Waals surface area contributed by atoms with Crippen molar-refractivity contribution in [3.8, 4) is 22.3 Å². The summed E-state index contributed by atoms with van der Waals surface area (Å²) in [6, 6.07) is 4.81. The largest absolute Gasteiger partial charge is 0.481 e. The summed E-state index contributed by atoms with van der Waals surface area (Å²) in [5.74, 6) is -7.40. The maximum absolute atomic E-state index is 15.9. The highest BCUT2D eigenvalue weighted by Crippen LogP contribution is 2.42. The topological polar surface area (TPSA) is 172 Å². The Balaban J connectivity index is 0.000000341. The van der Waals surface area contributed by atoms with Crippen molar-refractivity contribution in [2.24, 2.45) is 11.8 Å². The molecule has 0 aliphatic carbocycles. The molecule has 6 aromatic rings. The Kier molecular flexibility index (Phi) is 27.4. The zero-order chi connectivity index (χ0) is 70.8. The Morgan fingerprint density at radius 3 is 1.20 bits per heavy atom. The molecule has 0 fully saturated rings. The van der Waals surface area contributed by atoms with Gasteiger partial charge in [0.2, 0.25) is 11.8 Å². The summed E-state index contributed by atoms with van der Waals surface area (Å²) in [4.78, 5) is 82.2. The maximum atomic E-state index is 15.9. The first-order valence-electron chi connectivity index (χ1n) is 29.5. The maximum Gasteiger partial charge on any atom is 0.416 e. The molecule has 2 heterocycles. The molecule has 0 saturated carbocycles. The Morgan fingerprint density at radius 2 is 0.904 bits per heavy atom. The highest BCUT2D eigenvalue weighted by molar-refractivity contribution is 6.40. The van der Waals surface area contributed by atoms with Gasteiger partial charge in [0.15, 0.2) is 0 Å². The third-order valence-corrected chi connectivity index (χ3v) is 16.0. The molecule has 28 heteroatoms. The first-order valence-corrected chi connectivity index (χ1v) is 31.0. The van der Waals surface area contributed by atoms with Gasteiger partial charge in [-0.2, -0.15) is 26.3 Å². The van der Waals surface area contributed by atoms with Crippen molar-refractivity contribution in [3.05, 3.63) is 182 Å². The molecule has 512 valence electrons. The fourth-order valence-corrected chi connectivity index (χ4v) is 11.8. The summed E-state index contributed by atoms with van der Waals surface area (Å²) in [6.45, 7) is 11.9. The second kappa shape index (κ2) is 33.1. The van der Waals surface area contributed by atoms with Gasteiger partial charge < -0.3 is 39.4 Å². The van der Waals surface area contributed by atoms with Crippen LogP contribution in [0.15, 0.2) is 82.6 Å². The number of halogens is 14. The number of nitrogens with zero attached hydrogens (tertiary/aromatic N) is 4. The molecule has 0 saturated heterocycles. The number of aryl methyl sites for hydroxylation is 2. The van der Waals surface area contributed by atoms with Crippen LogP contribution in [0.1, 0.15) is 129 Å². The third-order valence-electron chi connectivity index (χ3n) is 14.9. The van der Waals surface area contributed by atoms with E-state index < -0.39 is 119 Å². The lowest BCUT2D eigenvalue weighted by atomic mass is 9.93. The summed E-state index contributed by atoms with van der Waals surface area (Å²) < 4.78 is 150. The predicted molar refractivity (Wildman–Crippen MR) is 341 cm³/mol. The van der Waals surface area contributed by atoms with Crippen LogP contribution in [0.5, 0.6) is 0 Å². The number of pyridine rings is 2. The average molecular weight is 1410 g/mol. The Bertz CT molecular complexity index is 3830. The molecule has 4 aromatic carbocycles. The van der Waals surface area contributed by atoms with Crippen LogP contribution in [0.25, 0.3) is 22.3 Å². The molecule has 2 amide bonds. The average Bonchev–Trinajstić information content (AvgIpc) is 0.806. The standard InChI is InChI=1S/C34H38Cl2F5N3O4.C32H34Cl2F5N3O4/c1-7-48-30(46)16-27(23-12-21(11-19(4)32(23)38)31-25(35)13-22(37)14-26(31)36)42-33(47)28(10-18(2)3)44-17-20(8-9-43(5)6)24(15-29(44)45)34(39,40)41;1-16(2)8-26(42-15-18(6-7-41(4)5)22(13-27(42)43)32(37,38)39)31(46)40-25(14-28(44)45)21-10-19(9-17(3)30(21)36)29-23(33)11-20(35)12-24(29)34/h11-15,17-18,27-28H,7-10,16H2,1-6H3,(H,42,47);9-13,15-16,25-26H,6-8,14H2,1-5H3,(H,40,46)(H,44,45)/t27-,28?;25-,26?/m00/s1. The number of carbonyl (C=O) groups excluding carboxylic acids is 3. The highest BCUT2D eigenvalue weighted by Gasteiger charge is 2.38. The van der Waals surface area contributed by atoms with E-state index in [4.69, 9.17) is 51.1 Å². The van der Waals surface area contributed by atoms with E-state index in [0.29, 0.717) is 12.1 Å². The van der Waals surface area contributed by atoms with Crippen molar-refractivity contribution in [3.63, 3.8) is 0 Å². The summed E-state index contributed by atoms with van der Waals surface area (Å²) in [5.41, 5.74) is -4.19. The van der Waals surface area contributed by atoms with Crippen molar-refractivity contribution in [2.45, 2.75) is 124 Å². The minimum atomic E-state index is -4.82. The number of hydrogen-bond acceptors (Lipinski definition) is 9. The SMILES string of the molecule is CCOC(=O)C[C@H](NC(=O)C(CC(C)C)n1cc(CCN(C)C)c(C(F)(F)F)cc1=O)c1cc(-c2c(Cl)cc(F)cc2Cl)cc(C)c1F.Cc1cc(-c2c(Cl)cc(F)cc2Cl)cc([C@H](CC(=O)O)NC(=O)C(CC(C)C)n2cc(CCN(C)C)c(C(F)(F)F)cc2=O)c1F. The molecular formula is C66H72Cl4F10N6O8. The van der Waals surface area contributed by atoms with Crippen molar-refractivity contribution >= 4 is 70.2 Å². The first kappa shape index (κ1) is 77.7. The fourth-order valence-electron chi connectivity index (χ4n) is 10.5.